The fraction of sp³-hybridized carbons (Fsp3) is 0.459. The number of ether oxygens (including phenoxy) is 2. The summed E-state index contributed by atoms with van der Waals surface area (Å²) in [5.74, 6) is 1.58. The molecule has 0 saturated carbocycles. The molecule has 4 N–H and O–H groups in total. The van der Waals surface area contributed by atoms with Gasteiger partial charge in [-0.2, -0.15) is 0 Å². The first kappa shape index (κ1) is 35.3. The number of nitrogens with zero attached hydrogens (tertiary/aromatic N) is 2. The Labute approximate surface area is 278 Å². The van der Waals surface area contributed by atoms with Crippen molar-refractivity contribution in [2.24, 2.45) is 11.8 Å². The second-order valence-electron chi connectivity index (χ2n) is 14.2. The van der Waals surface area contributed by atoms with Gasteiger partial charge in [-0.15, -0.1) is 0 Å². The van der Waals surface area contributed by atoms with Crippen LogP contribution in [0.5, 0.6) is 0 Å². The van der Waals surface area contributed by atoms with Crippen LogP contribution in [0.15, 0.2) is 60.9 Å². The van der Waals surface area contributed by atoms with Crippen molar-refractivity contribution < 1.29 is 19.1 Å². The Bertz CT molecular complexity index is 1630. The predicted octanol–water partition coefficient (Wildman–Crippen LogP) is 8.97. The SMILES string of the molecule is CCC(C)(C)OC(=O)N[C@H](c1nc(-c2ccc(-c3ccc(-c4c[nH]c([C@@H](NC(=O)OC(C)(C)C)C(C)C)n4)cc3)cc2)c[nH]1)C(C)C. The van der Waals surface area contributed by atoms with Crippen LogP contribution >= 0.6 is 0 Å². The van der Waals surface area contributed by atoms with Gasteiger partial charge in [0.15, 0.2) is 0 Å². The summed E-state index contributed by atoms with van der Waals surface area (Å²) in [6.07, 6.45) is 3.52. The number of hydrogen-bond donors (Lipinski definition) is 4. The molecule has 2 aromatic heterocycles. The highest BCUT2D eigenvalue weighted by atomic mass is 16.6. The fourth-order valence-electron chi connectivity index (χ4n) is 4.97. The van der Waals surface area contributed by atoms with E-state index in [2.05, 4.69) is 44.9 Å². The molecule has 2 aromatic carbocycles. The molecular weight excluding hydrogens is 592 g/mol. The molecule has 252 valence electrons. The van der Waals surface area contributed by atoms with Crippen LogP contribution in [0, 0.1) is 11.8 Å². The summed E-state index contributed by atoms with van der Waals surface area (Å²) in [7, 11) is 0. The minimum atomic E-state index is -0.580. The molecule has 0 fully saturated rings. The number of hydrogen-bond acceptors (Lipinski definition) is 6. The average Bonchev–Trinajstić information content (AvgIpc) is 3.68. The lowest BCUT2D eigenvalue weighted by Crippen LogP contribution is -2.38. The normalized spacial score (nSPS) is 13.4. The predicted molar refractivity (Wildman–Crippen MR) is 186 cm³/mol. The number of carbonyl (C=O) groups excluding carboxylic acids is 2. The molecule has 4 aromatic rings. The Morgan fingerprint density at radius 2 is 1.02 bits per heavy atom. The molecule has 47 heavy (non-hydrogen) atoms. The molecule has 2 amide bonds. The summed E-state index contributed by atoms with van der Waals surface area (Å²) in [6.45, 7) is 19.4. The molecule has 0 spiro atoms. The van der Waals surface area contributed by atoms with E-state index in [4.69, 9.17) is 19.4 Å². The Hall–Kier alpha value is -4.60. The number of rotatable bonds is 11. The molecule has 0 radical (unpaired) electrons. The molecule has 2 atom stereocenters. The zero-order valence-electron chi connectivity index (χ0n) is 29.3. The standard InChI is InChI=1S/C37H50N6O4/c1-11-37(9,10)47-35(45)43-31(23(4)5)33-39-21-29(41-33)27-18-14-25(15-19-27)24-12-16-26(17-13-24)28-20-38-32(40-28)30(22(2)3)42-34(44)46-36(6,7)8/h12-23,30-31H,11H2,1-10H3,(H,38,40)(H,39,41)(H,42,44)(H,43,45)/t30-,31-/m0/s1. The summed E-state index contributed by atoms with van der Waals surface area (Å²) < 4.78 is 11.1. The summed E-state index contributed by atoms with van der Waals surface area (Å²) in [5.41, 5.74) is 4.55. The average molecular weight is 643 g/mol. The van der Waals surface area contributed by atoms with E-state index < -0.39 is 23.4 Å². The maximum Gasteiger partial charge on any atom is 0.408 e. The van der Waals surface area contributed by atoms with Gasteiger partial charge in [-0.05, 0) is 64.0 Å². The highest BCUT2D eigenvalue weighted by molar-refractivity contribution is 5.72. The van der Waals surface area contributed by atoms with Crippen molar-refractivity contribution in [3.8, 4) is 33.6 Å². The zero-order chi connectivity index (χ0) is 34.5. The number of nitrogens with one attached hydrogen (secondary N) is 4. The highest BCUT2D eigenvalue weighted by Crippen LogP contribution is 2.29. The first-order valence-electron chi connectivity index (χ1n) is 16.4. The van der Waals surface area contributed by atoms with Gasteiger partial charge in [0.2, 0.25) is 0 Å². The minimum absolute atomic E-state index is 0.107. The van der Waals surface area contributed by atoms with Gasteiger partial charge in [0.1, 0.15) is 22.9 Å². The van der Waals surface area contributed by atoms with E-state index in [0.29, 0.717) is 11.6 Å². The van der Waals surface area contributed by atoms with Crippen LogP contribution in [0.25, 0.3) is 33.6 Å². The van der Waals surface area contributed by atoms with Crippen molar-refractivity contribution in [3.63, 3.8) is 0 Å². The number of benzene rings is 2. The van der Waals surface area contributed by atoms with Gasteiger partial charge in [0, 0.05) is 23.5 Å². The smallest absolute Gasteiger partial charge is 0.408 e. The van der Waals surface area contributed by atoms with Crippen LogP contribution in [0.1, 0.15) is 99.4 Å². The van der Waals surface area contributed by atoms with E-state index in [1.54, 1.807) is 0 Å². The van der Waals surface area contributed by atoms with Crippen molar-refractivity contribution in [1.29, 1.82) is 0 Å². The first-order valence-corrected chi connectivity index (χ1v) is 16.4. The van der Waals surface area contributed by atoms with Gasteiger partial charge in [-0.3, -0.25) is 0 Å². The van der Waals surface area contributed by atoms with Crippen LogP contribution in [0.3, 0.4) is 0 Å². The number of alkyl carbamates (subject to hydrolysis) is 2. The van der Waals surface area contributed by atoms with E-state index in [-0.39, 0.29) is 23.9 Å². The number of carbonyl (C=O) groups is 2. The molecule has 10 heteroatoms. The summed E-state index contributed by atoms with van der Waals surface area (Å²) in [6, 6.07) is 15.8. The molecule has 0 aliphatic rings. The molecule has 2 heterocycles. The van der Waals surface area contributed by atoms with Crippen LogP contribution in [0.4, 0.5) is 9.59 Å². The molecular formula is C37H50N6O4. The van der Waals surface area contributed by atoms with Gasteiger partial charge in [-0.25, -0.2) is 19.6 Å². The summed E-state index contributed by atoms with van der Waals surface area (Å²) in [4.78, 5) is 41.1. The molecule has 0 saturated heterocycles. The second-order valence-corrected chi connectivity index (χ2v) is 14.2. The lowest BCUT2D eigenvalue weighted by atomic mass is 10.0. The molecule has 0 aliphatic carbocycles. The Morgan fingerprint density at radius 3 is 1.36 bits per heavy atom. The second kappa shape index (κ2) is 14.4. The third-order valence-corrected chi connectivity index (χ3v) is 7.98. The van der Waals surface area contributed by atoms with Crippen LogP contribution < -0.4 is 10.6 Å². The van der Waals surface area contributed by atoms with Crippen LogP contribution in [-0.2, 0) is 9.47 Å². The van der Waals surface area contributed by atoms with E-state index in [1.807, 2.05) is 106 Å². The lowest BCUT2D eigenvalue weighted by Gasteiger charge is -2.26. The van der Waals surface area contributed by atoms with E-state index in [0.717, 1.165) is 40.1 Å². The van der Waals surface area contributed by atoms with Crippen molar-refractivity contribution >= 4 is 12.2 Å². The zero-order valence-corrected chi connectivity index (χ0v) is 29.3. The molecule has 10 nitrogen and oxygen atoms in total. The van der Waals surface area contributed by atoms with Crippen LogP contribution in [0.2, 0.25) is 0 Å². The van der Waals surface area contributed by atoms with Crippen molar-refractivity contribution in [1.82, 2.24) is 30.6 Å². The van der Waals surface area contributed by atoms with Crippen molar-refractivity contribution in [2.45, 2.75) is 98.9 Å². The van der Waals surface area contributed by atoms with Gasteiger partial charge in [0.05, 0.1) is 23.5 Å². The summed E-state index contributed by atoms with van der Waals surface area (Å²) in [5, 5.41) is 5.92. The first-order chi connectivity index (χ1) is 22.0. The Kier molecular flexibility index (Phi) is 10.8. The maximum absolute atomic E-state index is 12.6. The minimum Gasteiger partial charge on any atom is -0.444 e. The fourth-order valence-corrected chi connectivity index (χ4v) is 4.97. The van der Waals surface area contributed by atoms with E-state index in [9.17, 15) is 9.59 Å². The highest BCUT2D eigenvalue weighted by Gasteiger charge is 2.27. The Balaban J connectivity index is 1.43. The summed E-state index contributed by atoms with van der Waals surface area (Å²) >= 11 is 0. The van der Waals surface area contributed by atoms with Gasteiger partial charge >= 0.3 is 12.2 Å². The van der Waals surface area contributed by atoms with Crippen LogP contribution in [-0.4, -0.2) is 43.3 Å². The van der Waals surface area contributed by atoms with Gasteiger partial charge in [0.25, 0.3) is 0 Å². The van der Waals surface area contributed by atoms with E-state index in [1.165, 1.54) is 0 Å². The van der Waals surface area contributed by atoms with Gasteiger partial charge in [-0.1, -0.05) is 83.1 Å². The van der Waals surface area contributed by atoms with Crippen molar-refractivity contribution in [2.75, 3.05) is 0 Å². The monoisotopic (exact) mass is 642 g/mol. The maximum atomic E-state index is 12.6. The Morgan fingerprint density at radius 1 is 0.660 bits per heavy atom. The quantitative estimate of drug-likeness (QED) is 0.129. The number of imidazole rings is 2. The topological polar surface area (TPSA) is 134 Å². The number of aromatic amines is 2. The number of amides is 2. The van der Waals surface area contributed by atoms with Gasteiger partial charge < -0.3 is 30.1 Å². The number of aromatic nitrogens is 4. The molecule has 4 rings (SSSR count). The lowest BCUT2D eigenvalue weighted by molar-refractivity contribution is 0.0327. The van der Waals surface area contributed by atoms with Crippen molar-refractivity contribution in [3.05, 3.63) is 72.6 Å². The number of H-pyrrole nitrogens is 2. The molecule has 0 unspecified atom stereocenters. The third kappa shape index (κ3) is 9.47. The third-order valence-electron chi connectivity index (χ3n) is 7.98. The molecule has 0 bridgehead atoms. The molecule has 0 aliphatic heterocycles. The largest absolute Gasteiger partial charge is 0.444 e. The van der Waals surface area contributed by atoms with E-state index >= 15 is 0 Å².